The van der Waals surface area contributed by atoms with Crippen LogP contribution in [0, 0.1) is 35.1 Å². The van der Waals surface area contributed by atoms with E-state index >= 15 is 0 Å². The minimum absolute atomic E-state index is 0.00629. The Morgan fingerprint density at radius 3 is 2.18 bits per heavy atom. The molecule has 0 radical (unpaired) electrons. The van der Waals surface area contributed by atoms with Gasteiger partial charge in [0, 0.05) is 28.1 Å². The van der Waals surface area contributed by atoms with Crippen molar-refractivity contribution in [3.63, 3.8) is 0 Å². The van der Waals surface area contributed by atoms with Gasteiger partial charge in [0.05, 0.1) is 6.61 Å². The zero-order chi connectivity index (χ0) is 24.1. The second-order valence-corrected chi connectivity index (χ2v) is 7.95. The lowest BCUT2D eigenvalue weighted by Gasteiger charge is -2.09. The first-order valence-electron chi connectivity index (χ1n) is 11.1. The van der Waals surface area contributed by atoms with Crippen molar-refractivity contribution in [3.8, 4) is 28.7 Å². The summed E-state index contributed by atoms with van der Waals surface area (Å²) in [6.45, 7) is 2.68. The van der Waals surface area contributed by atoms with Gasteiger partial charge in [-0.15, -0.1) is 0 Å². The fourth-order valence-corrected chi connectivity index (χ4v) is 3.62. The highest BCUT2D eigenvalue weighted by Crippen LogP contribution is 2.27. The Kier molecular flexibility index (Phi) is 7.18. The molecular formula is C29H22F4O. The molecule has 1 nitrogen and oxygen atoms in total. The van der Waals surface area contributed by atoms with E-state index < -0.39 is 17.5 Å². The van der Waals surface area contributed by atoms with Crippen LogP contribution in [0.4, 0.5) is 17.6 Å². The first-order chi connectivity index (χ1) is 16.5. The van der Waals surface area contributed by atoms with Gasteiger partial charge in [-0.05, 0) is 59.8 Å². The Balaban J connectivity index is 1.49. The minimum Gasteiger partial charge on any atom is -0.493 e. The third-order valence-corrected chi connectivity index (χ3v) is 5.48. The molecule has 0 aliphatic carbocycles. The smallest absolute Gasteiger partial charge is 0.195 e. The molecule has 0 bridgehead atoms. The average Bonchev–Trinajstić information content (AvgIpc) is 2.84. The zero-order valence-electron chi connectivity index (χ0n) is 18.6. The van der Waals surface area contributed by atoms with Crippen molar-refractivity contribution in [1.82, 2.24) is 0 Å². The van der Waals surface area contributed by atoms with Crippen LogP contribution in [-0.4, -0.2) is 6.61 Å². The van der Waals surface area contributed by atoms with Gasteiger partial charge < -0.3 is 4.74 Å². The fourth-order valence-electron chi connectivity index (χ4n) is 3.62. The standard InChI is InChI=1S/C29H22F4O/c1-2-3-4-15-34-23-12-14-24(26(30)18-23)21-10-7-19(8-11-21)5-6-20-9-13-25-22(16-20)17-27(31)29(33)28(25)32/h7-14,16-18H,2-4,15H2,1H3. The summed E-state index contributed by atoms with van der Waals surface area (Å²) in [6, 6.07) is 17.3. The van der Waals surface area contributed by atoms with Crippen LogP contribution in [-0.2, 0) is 0 Å². The van der Waals surface area contributed by atoms with E-state index in [1.54, 1.807) is 42.5 Å². The Morgan fingerprint density at radius 1 is 0.706 bits per heavy atom. The summed E-state index contributed by atoms with van der Waals surface area (Å²) in [6.07, 6.45) is 3.11. The van der Waals surface area contributed by atoms with Crippen LogP contribution in [0.25, 0.3) is 21.9 Å². The summed E-state index contributed by atoms with van der Waals surface area (Å²) >= 11 is 0. The van der Waals surface area contributed by atoms with E-state index in [1.165, 1.54) is 18.2 Å². The number of rotatable bonds is 6. The number of benzene rings is 4. The molecule has 34 heavy (non-hydrogen) atoms. The van der Waals surface area contributed by atoms with Gasteiger partial charge in [-0.1, -0.05) is 49.8 Å². The molecule has 4 aromatic carbocycles. The molecule has 0 aliphatic rings. The van der Waals surface area contributed by atoms with Gasteiger partial charge in [0.15, 0.2) is 17.5 Å². The number of hydrogen-bond donors (Lipinski definition) is 0. The molecular weight excluding hydrogens is 440 g/mol. The molecule has 0 unspecified atom stereocenters. The highest BCUT2D eigenvalue weighted by Gasteiger charge is 2.13. The van der Waals surface area contributed by atoms with E-state index in [9.17, 15) is 17.6 Å². The van der Waals surface area contributed by atoms with E-state index in [4.69, 9.17) is 4.74 Å². The number of hydrogen-bond acceptors (Lipinski definition) is 1. The first kappa shape index (κ1) is 23.4. The monoisotopic (exact) mass is 462 g/mol. The summed E-state index contributed by atoms with van der Waals surface area (Å²) in [5, 5.41) is 0.222. The molecule has 4 aromatic rings. The molecule has 0 spiro atoms. The highest BCUT2D eigenvalue weighted by molar-refractivity contribution is 5.84. The quantitative estimate of drug-likeness (QED) is 0.122. The molecule has 0 aromatic heterocycles. The molecule has 4 rings (SSSR count). The highest BCUT2D eigenvalue weighted by atomic mass is 19.2. The van der Waals surface area contributed by atoms with Gasteiger partial charge in [-0.2, -0.15) is 0 Å². The molecule has 0 saturated carbocycles. The molecule has 172 valence electrons. The summed E-state index contributed by atoms with van der Waals surface area (Å²) in [7, 11) is 0. The molecule has 0 heterocycles. The van der Waals surface area contributed by atoms with Crippen molar-refractivity contribution in [2.24, 2.45) is 0 Å². The van der Waals surface area contributed by atoms with Gasteiger partial charge >= 0.3 is 0 Å². The van der Waals surface area contributed by atoms with Crippen molar-refractivity contribution < 1.29 is 22.3 Å². The van der Waals surface area contributed by atoms with Crippen molar-refractivity contribution in [1.29, 1.82) is 0 Å². The average molecular weight is 462 g/mol. The molecule has 0 fully saturated rings. The molecule has 0 saturated heterocycles. The van der Waals surface area contributed by atoms with Crippen molar-refractivity contribution in [2.75, 3.05) is 6.61 Å². The predicted molar refractivity (Wildman–Crippen MR) is 127 cm³/mol. The van der Waals surface area contributed by atoms with Crippen LogP contribution in [0.2, 0.25) is 0 Å². The van der Waals surface area contributed by atoms with Crippen LogP contribution in [0.1, 0.15) is 37.3 Å². The van der Waals surface area contributed by atoms with Gasteiger partial charge in [-0.25, -0.2) is 17.6 Å². The number of fused-ring (bicyclic) bond motifs is 1. The summed E-state index contributed by atoms with van der Waals surface area (Å²) < 4.78 is 61.0. The van der Waals surface area contributed by atoms with Gasteiger partial charge in [0.1, 0.15) is 11.6 Å². The predicted octanol–water partition coefficient (Wildman–Crippen LogP) is 8.03. The van der Waals surface area contributed by atoms with E-state index in [-0.39, 0.29) is 16.6 Å². The Bertz CT molecular complexity index is 1380. The largest absolute Gasteiger partial charge is 0.493 e. The first-order valence-corrected chi connectivity index (χ1v) is 11.1. The Labute approximate surface area is 196 Å². The Hall–Kier alpha value is -3.78. The minimum atomic E-state index is -1.49. The second-order valence-electron chi connectivity index (χ2n) is 7.95. The maximum Gasteiger partial charge on any atom is 0.195 e. The lowest BCUT2D eigenvalue weighted by molar-refractivity contribution is 0.305. The summed E-state index contributed by atoms with van der Waals surface area (Å²) in [4.78, 5) is 0. The third kappa shape index (κ3) is 5.23. The van der Waals surface area contributed by atoms with Crippen molar-refractivity contribution in [3.05, 3.63) is 101 Å². The van der Waals surface area contributed by atoms with E-state index in [2.05, 4.69) is 18.8 Å². The Morgan fingerprint density at radius 2 is 1.44 bits per heavy atom. The third-order valence-electron chi connectivity index (χ3n) is 5.48. The van der Waals surface area contributed by atoms with Crippen LogP contribution in [0.5, 0.6) is 5.75 Å². The van der Waals surface area contributed by atoms with Crippen LogP contribution < -0.4 is 4.74 Å². The number of unbranched alkanes of at least 4 members (excludes halogenated alkanes) is 2. The molecule has 0 amide bonds. The second kappa shape index (κ2) is 10.4. The van der Waals surface area contributed by atoms with Crippen LogP contribution >= 0.6 is 0 Å². The molecule has 0 atom stereocenters. The summed E-state index contributed by atoms with van der Waals surface area (Å²) in [5.74, 6) is 2.12. The fraction of sp³-hybridized carbons (Fsp3) is 0.172. The van der Waals surface area contributed by atoms with Crippen molar-refractivity contribution >= 4 is 10.8 Å². The van der Waals surface area contributed by atoms with E-state index in [1.807, 2.05) is 0 Å². The topological polar surface area (TPSA) is 9.23 Å². The normalized spacial score (nSPS) is 10.7. The van der Waals surface area contributed by atoms with Crippen LogP contribution in [0.15, 0.2) is 66.7 Å². The van der Waals surface area contributed by atoms with E-state index in [0.717, 1.165) is 25.3 Å². The molecule has 0 N–H and O–H groups in total. The van der Waals surface area contributed by atoms with Crippen molar-refractivity contribution in [2.45, 2.75) is 26.2 Å². The SMILES string of the molecule is CCCCCOc1ccc(-c2ccc(C#Cc3ccc4c(F)c(F)c(F)cc4c3)cc2)c(F)c1. The lowest BCUT2D eigenvalue weighted by atomic mass is 10.0. The van der Waals surface area contributed by atoms with Crippen LogP contribution in [0.3, 0.4) is 0 Å². The van der Waals surface area contributed by atoms with Gasteiger partial charge in [-0.3, -0.25) is 0 Å². The zero-order valence-corrected chi connectivity index (χ0v) is 18.6. The number of halogens is 4. The van der Waals surface area contributed by atoms with E-state index in [0.29, 0.717) is 34.6 Å². The van der Waals surface area contributed by atoms with Gasteiger partial charge in [0.25, 0.3) is 0 Å². The maximum atomic E-state index is 14.6. The maximum absolute atomic E-state index is 14.6. The lowest BCUT2D eigenvalue weighted by Crippen LogP contribution is -1.97. The molecule has 5 heteroatoms. The number of ether oxygens (including phenoxy) is 1. The summed E-state index contributed by atoms with van der Waals surface area (Å²) in [5.41, 5.74) is 2.39. The van der Waals surface area contributed by atoms with Gasteiger partial charge in [0.2, 0.25) is 0 Å². The molecule has 0 aliphatic heterocycles.